The number of nitrogens with zero attached hydrogens (tertiary/aromatic N) is 2. The number of alkyl halides is 3. The monoisotopic (exact) mass is 479 g/mol. The Balaban J connectivity index is 1.94. The lowest BCUT2D eigenvalue weighted by Gasteiger charge is -2.25. The molecule has 0 aliphatic heterocycles. The molecule has 0 aromatic heterocycles. The normalized spacial score (nSPS) is 11.2. The van der Waals surface area contributed by atoms with Crippen molar-refractivity contribution < 1.29 is 22.8 Å². The van der Waals surface area contributed by atoms with E-state index in [1.807, 2.05) is 6.07 Å². The zero-order chi connectivity index (χ0) is 25.0. The van der Waals surface area contributed by atoms with E-state index < -0.39 is 23.8 Å². The number of amides is 4. The first-order valence-electron chi connectivity index (χ1n) is 11.3. The second-order valence-electron chi connectivity index (χ2n) is 7.62. The van der Waals surface area contributed by atoms with Gasteiger partial charge in [-0.1, -0.05) is 32.0 Å². The Bertz CT molecular complexity index is 888. The van der Waals surface area contributed by atoms with Crippen LogP contribution in [0.3, 0.4) is 0 Å². The van der Waals surface area contributed by atoms with E-state index in [9.17, 15) is 22.8 Å². The van der Waals surface area contributed by atoms with Crippen molar-refractivity contribution >= 4 is 23.4 Å². The summed E-state index contributed by atoms with van der Waals surface area (Å²) in [5.41, 5.74) is 0.132. The number of hydrogen-bond acceptors (Lipinski definition) is 3. The van der Waals surface area contributed by atoms with Crippen molar-refractivity contribution in [3.8, 4) is 0 Å². The van der Waals surface area contributed by atoms with Crippen molar-refractivity contribution in [1.82, 2.24) is 15.1 Å². The molecule has 2 aromatic rings. The number of halogens is 3. The molecule has 0 radical (unpaired) electrons. The van der Waals surface area contributed by atoms with Crippen LogP contribution in [0.4, 0.5) is 34.1 Å². The number of para-hydroxylation sites is 1. The first-order chi connectivity index (χ1) is 16.2. The average Bonchev–Trinajstić information content (AvgIpc) is 2.81. The molecular weight excluding hydrogens is 447 g/mol. The third-order valence-electron chi connectivity index (χ3n) is 5.25. The van der Waals surface area contributed by atoms with Crippen LogP contribution in [-0.4, -0.2) is 61.1 Å². The molecule has 2 aromatic carbocycles. The minimum absolute atomic E-state index is 0.213. The van der Waals surface area contributed by atoms with Gasteiger partial charge in [0.1, 0.15) is 0 Å². The van der Waals surface area contributed by atoms with Gasteiger partial charge in [-0.25, -0.2) is 9.59 Å². The maximum absolute atomic E-state index is 12.8. The van der Waals surface area contributed by atoms with Crippen LogP contribution in [0.5, 0.6) is 0 Å². The second-order valence-corrected chi connectivity index (χ2v) is 7.62. The van der Waals surface area contributed by atoms with Gasteiger partial charge in [0, 0.05) is 31.0 Å². The molecule has 3 N–H and O–H groups in total. The first-order valence-corrected chi connectivity index (χ1v) is 11.3. The van der Waals surface area contributed by atoms with Crippen LogP contribution in [0.2, 0.25) is 0 Å². The van der Waals surface area contributed by atoms with Gasteiger partial charge in [0.25, 0.3) is 0 Å². The summed E-state index contributed by atoms with van der Waals surface area (Å²) in [5.74, 6) is 0. The highest BCUT2D eigenvalue weighted by molar-refractivity contribution is 5.90. The van der Waals surface area contributed by atoms with Crippen LogP contribution in [-0.2, 0) is 6.18 Å². The van der Waals surface area contributed by atoms with Crippen LogP contribution in [0.1, 0.15) is 25.8 Å². The van der Waals surface area contributed by atoms with E-state index in [1.54, 1.807) is 29.2 Å². The molecule has 0 heterocycles. The molecule has 34 heavy (non-hydrogen) atoms. The van der Waals surface area contributed by atoms with Gasteiger partial charge in [0.15, 0.2) is 0 Å². The molecule has 0 unspecified atom stereocenters. The smallest absolute Gasteiger partial charge is 0.336 e. The number of anilines is 2. The lowest BCUT2D eigenvalue weighted by atomic mass is 10.2. The average molecular weight is 480 g/mol. The highest BCUT2D eigenvalue weighted by Gasteiger charge is 2.30. The predicted octanol–water partition coefficient (Wildman–Crippen LogP) is 5.09. The van der Waals surface area contributed by atoms with Crippen LogP contribution in [0.25, 0.3) is 0 Å². The van der Waals surface area contributed by atoms with Gasteiger partial charge in [0.05, 0.1) is 5.56 Å². The molecule has 0 saturated heterocycles. The summed E-state index contributed by atoms with van der Waals surface area (Å²) >= 11 is 0. The summed E-state index contributed by atoms with van der Waals surface area (Å²) in [4.78, 5) is 28.7. The molecule has 0 aliphatic rings. The topological polar surface area (TPSA) is 76.7 Å². The molecular formula is C24H32F3N5O2. The predicted molar refractivity (Wildman–Crippen MR) is 128 cm³/mol. The highest BCUT2D eigenvalue weighted by Crippen LogP contribution is 2.29. The van der Waals surface area contributed by atoms with Gasteiger partial charge >= 0.3 is 18.2 Å². The van der Waals surface area contributed by atoms with Crippen molar-refractivity contribution in [2.45, 2.75) is 26.4 Å². The molecule has 0 fully saturated rings. The van der Waals surface area contributed by atoms with E-state index in [1.165, 1.54) is 12.1 Å². The summed E-state index contributed by atoms with van der Waals surface area (Å²) in [6, 6.07) is 12.4. The molecule has 7 nitrogen and oxygen atoms in total. The second kappa shape index (κ2) is 13.4. The Kier molecular flexibility index (Phi) is 10.7. The Labute approximate surface area is 198 Å². The maximum Gasteiger partial charge on any atom is 0.416 e. The summed E-state index contributed by atoms with van der Waals surface area (Å²) in [6.45, 7) is 7.62. The summed E-state index contributed by atoms with van der Waals surface area (Å²) < 4.78 is 38.3. The molecule has 10 heteroatoms. The number of carbonyl (C=O) groups is 2. The summed E-state index contributed by atoms with van der Waals surface area (Å²) in [5, 5.41) is 8.07. The van der Waals surface area contributed by atoms with Gasteiger partial charge in [0.2, 0.25) is 0 Å². The quantitative estimate of drug-likeness (QED) is 0.420. The maximum atomic E-state index is 12.8. The summed E-state index contributed by atoms with van der Waals surface area (Å²) in [7, 11) is 0. The third-order valence-corrected chi connectivity index (χ3v) is 5.25. The molecule has 0 atom stereocenters. The van der Waals surface area contributed by atoms with Crippen LogP contribution < -0.4 is 16.0 Å². The number of hydrogen-bond donors (Lipinski definition) is 3. The Morgan fingerprint density at radius 1 is 0.824 bits per heavy atom. The minimum atomic E-state index is -4.44. The molecule has 4 amide bonds. The number of rotatable bonds is 11. The van der Waals surface area contributed by atoms with Crippen LogP contribution in [0, 0.1) is 0 Å². The van der Waals surface area contributed by atoms with Crippen LogP contribution in [0.15, 0.2) is 54.6 Å². The van der Waals surface area contributed by atoms with Crippen molar-refractivity contribution in [3.05, 3.63) is 60.2 Å². The number of nitrogens with one attached hydrogen (secondary N) is 3. The lowest BCUT2D eigenvalue weighted by molar-refractivity contribution is -0.137. The van der Waals surface area contributed by atoms with E-state index in [-0.39, 0.29) is 18.8 Å². The lowest BCUT2D eigenvalue weighted by Crippen LogP contribution is -2.43. The van der Waals surface area contributed by atoms with Crippen molar-refractivity contribution in [2.24, 2.45) is 0 Å². The standard InChI is InChI=1S/C24H32F3N5O2/c1-3-31(4-2)16-8-17-32(18-15-28-22(33)29-20-9-6-5-7-10-20)23(34)30-21-13-11-19(12-14-21)24(25,26)27/h5-7,9-14H,3-4,8,15-18H2,1-2H3,(H,30,34)(H2,28,29,33). The highest BCUT2D eigenvalue weighted by atomic mass is 19.4. The SMILES string of the molecule is CCN(CC)CCCN(CCNC(=O)Nc1ccccc1)C(=O)Nc1ccc(C(F)(F)F)cc1. The van der Waals surface area contributed by atoms with E-state index in [4.69, 9.17) is 0 Å². The Morgan fingerprint density at radius 2 is 1.44 bits per heavy atom. The zero-order valence-electron chi connectivity index (χ0n) is 19.5. The van der Waals surface area contributed by atoms with Crippen molar-refractivity contribution in [3.63, 3.8) is 0 Å². The molecule has 0 spiro atoms. The van der Waals surface area contributed by atoms with Gasteiger partial charge in [-0.2, -0.15) is 13.2 Å². The fourth-order valence-electron chi connectivity index (χ4n) is 3.29. The number of benzene rings is 2. The molecule has 186 valence electrons. The molecule has 0 saturated carbocycles. The fourth-order valence-corrected chi connectivity index (χ4v) is 3.29. The van der Waals surface area contributed by atoms with E-state index >= 15 is 0 Å². The third kappa shape index (κ3) is 9.30. The van der Waals surface area contributed by atoms with Crippen molar-refractivity contribution in [1.29, 1.82) is 0 Å². The van der Waals surface area contributed by atoms with E-state index in [0.29, 0.717) is 12.2 Å². The Morgan fingerprint density at radius 3 is 2.03 bits per heavy atom. The van der Waals surface area contributed by atoms with Crippen LogP contribution >= 0.6 is 0 Å². The molecule has 2 rings (SSSR count). The zero-order valence-corrected chi connectivity index (χ0v) is 19.5. The first kappa shape index (κ1) is 27.0. The summed E-state index contributed by atoms with van der Waals surface area (Å²) in [6.07, 6.45) is -3.72. The van der Waals surface area contributed by atoms with Gasteiger partial charge < -0.3 is 25.8 Å². The van der Waals surface area contributed by atoms with Gasteiger partial charge in [-0.05, 0) is 62.5 Å². The minimum Gasteiger partial charge on any atom is -0.336 e. The Hall–Kier alpha value is -3.27. The van der Waals surface area contributed by atoms with Crippen molar-refractivity contribution in [2.75, 3.05) is 49.9 Å². The van der Waals surface area contributed by atoms with E-state index in [2.05, 4.69) is 34.7 Å². The molecule has 0 bridgehead atoms. The number of carbonyl (C=O) groups excluding carboxylic acids is 2. The van der Waals surface area contributed by atoms with Gasteiger partial charge in [-0.15, -0.1) is 0 Å². The fraction of sp³-hybridized carbons (Fsp3) is 0.417. The largest absolute Gasteiger partial charge is 0.416 e. The van der Waals surface area contributed by atoms with Gasteiger partial charge in [-0.3, -0.25) is 0 Å². The van der Waals surface area contributed by atoms with E-state index in [0.717, 1.165) is 38.2 Å². The molecule has 0 aliphatic carbocycles. The number of urea groups is 2.